The second-order valence-electron chi connectivity index (χ2n) is 7.12. The highest BCUT2D eigenvalue weighted by molar-refractivity contribution is 6.02. The Hall–Kier alpha value is -4.18. The number of hydrogen-bond donors (Lipinski definition) is 0. The summed E-state index contributed by atoms with van der Waals surface area (Å²) in [5.74, 6) is 1.31. The molecule has 0 aliphatic rings. The van der Waals surface area contributed by atoms with Crippen molar-refractivity contribution < 1.29 is 9.78 Å². The van der Waals surface area contributed by atoms with Crippen molar-refractivity contribution in [3.63, 3.8) is 0 Å². The molecule has 6 aromatic rings. The fourth-order valence-corrected chi connectivity index (χ4v) is 3.87. The minimum absolute atomic E-state index is 0.654. The molecule has 0 unspecified atom stereocenters. The molecule has 4 nitrogen and oxygen atoms in total. The second-order valence-corrected chi connectivity index (χ2v) is 7.12. The van der Waals surface area contributed by atoms with Gasteiger partial charge in [-0.2, -0.15) is 0 Å². The average Bonchev–Trinajstić information content (AvgIpc) is 2.81. The smallest absolute Gasteiger partial charge is 0.197 e. The maximum Gasteiger partial charge on any atom is 0.197 e. The van der Waals surface area contributed by atoms with Crippen molar-refractivity contribution in [2.45, 2.75) is 0 Å². The largest absolute Gasteiger partial charge is 0.288 e. The topological polar surface area (TPSA) is 44.2 Å². The van der Waals surface area contributed by atoms with E-state index in [1.165, 1.54) is 0 Å². The van der Waals surface area contributed by atoms with Gasteiger partial charge in [0.1, 0.15) is 0 Å². The van der Waals surface area contributed by atoms with Crippen molar-refractivity contribution in [2.75, 3.05) is 0 Å². The number of benzene rings is 4. The zero-order valence-corrected chi connectivity index (χ0v) is 15.9. The SMILES string of the molecule is c1ccc2c(OOc3c4ccccc4nc4ccccc34)c3ccccc3nc2c1. The molecular weight excluding hydrogens is 372 g/mol. The summed E-state index contributed by atoms with van der Waals surface area (Å²) < 4.78 is 0. The van der Waals surface area contributed by atoms with E-state index < -0.39 is 0 Å². The van der Waals surface area contributed by atoms with Crippen LogP contribution >= 0.6 is 0 Å². The zero-order chi connectivity index (χ0) is 19.9. The number of rotatable bonds is 3. The fraction of sp³-hybridized carbons (Fsp3) is 0. The lowest BCUT2D eigenvalue weighted by Crippen LogP contribution is -2.04. The predicted molar refractivity (Wildman–Crippen MR) is 120 cm³/mol. The molecule has 0 saturated carbocycles. The van der Waals surface area contributed by atoms with Gasteiger partial charge in [-0.15, -0.1) is 0 Å². The summed E-state index contributed by atoms with van der Waals surface area (Å²) in [7, 11) is 0. The molecule has 6 rings (SSSR count). The number of para-hydroxylation sites is 4. The standard InChI is InChI=1S/C26H16N2O2/c1-5-13-21-17(9-1)25(18-10-2-6-14-22(18)27-21)29-30-26-19-11-3-7-15-23(19)28-24-16-8-4-12-20(24)26/h1-16H. The quantitative estimate of drug-likeness (QED) is 0.198. The number of pyridine rings is 2. The summed E-state index contributed by atoms with van der Waals surface area (Å²) in [6.45, 7) is 0. The highest BCUT2D eigenvalue weighted by Crippen LogP contribution is 2.36. The van der Waals surface area contributed by atoms with Crippen molar-refractivity contribution in [3.8, 4) is 11.5 Å². The van der Waals surface area contributed by atoms with Crippen LogP contribution in [0.15, 0.2) is 97.1 Å². The van der Waals surface area contributed by atoms with Crippen LogP contribution in [0.2, 0.25) is 0 Å². The van der Waals surface area contributed by atoms with Gasteiger partial charge in [-0.25, -0.2) is 9.97 Å². The molecule has 0 bridgehead atoms. The van der Waals surface area contributed by atoms with Crippen LogP contribution in [-0.4, -0.2) is 9.97 Å². The average molecular weight is 388 g/mol. The lowest BCUT2D eigenvalue weighted by atomic mass is 10.1. The second kappa shape index (κ2) is 6.71. The van der Waals surface area contributed by atoms with Crippen molar-refractivity contribution in [3.05, 3.63) is 97.1 Å². The molecule has 2 heterocycles. The molecule has 4 aromatic carbocycles. The molecule has 0 amide bonds. The third-order valence-corrected chi connectivity index (χ3v) is 5.28. The van der Waals surface area contributed by atoms with Crippen molar-refractivity contribution in [2.24, 2.45) is 0 Å². The Kier molecular flexibility index (Phi) is 3.74. The lowest BCUT2D eigenvalue weighted by Gasteiger charge is -2.14. The van der Waals surface area contributed by atoms with Crippen LogP contribution in [0, 0.1) is 0 Å². The van der Waals surface area contributed by atoms with E-state index in [9.17, 15) is 0 Å². The fourth-order valence-electron chi connectivity index (χ4n) is 3.87. The Morgan fingerprint density at radius 1 is 0.367 bits per heavy atom. The Balaban J connectivity index is 1.56. The monoisotopic (exact) mass is 388 g/mol. The van der Waals surface area contributed by atoms with Crippen LogP contribution < -0.4 is 9.78 Å². The highest BCUT2D eigenvalue weighted by Gasteiger charge is 2.15. The van der Waals surface area contributed by atoms with Crippen LogP contribution in [-0.2, 0) is 0 Å². The van der Waals surface area contributed by atoms with E-state index in [0.717, 1.165) is 43.6 Å². The molecule has 0 fully saturated rings. The van der Waals surface area contributed by atoms with E-state index >= 15 is 0 Å². The first-order chi connectivity index (χ1) is 14.9. The third kappa shape index (κ3) is 2.62. The Morgan fingerprint density at radius 2 is 0.633 bits per heavy atom. The minimum atomic E-state index is 0.654. The molecule has 0 saturated heterocycles. The molecule has 30 heavy (non-hydrogen) atoms. The zero-order valence-electron chi connectivity index (χ0n) is 15.9. The summed E-state index contributed by atoms with van der Waals surface area (Å²) in [5.41, 5.74) is 3.44. The number of nitrogens with zero attached hydrogens (tertiary/aromatic N) is 2. The normalized spacial score (nSPS) is 11.3. The van der Waals surface area contributed by atoms with Gasteiger partial charge >= 0.3 is 0 Å². The first-order valence-corrected chi connectivity index (χ1v) is 9.78. The maximum absolute atomic E-state index is 6.07. The van der Waals surface area contributed by atoms with Gasteiger partial charge in [0.05, 0.1) is 22.1 Å². The van der Waals surface area contributed by atoms with Gasteiger partial charge in [0, 0.05) is 21.5 Å². The third-order valence-electron chi connectivity index (χ3n) is 5.28. The van der Waals surface area contributed by atoms with Crippen molar-refractivity contribution in [1.82, 2.24) is 9.97 Å². The van der Waals surface area contributed by atoms with Crippen molar-refractivity contribution >= 4 is 43.6 Å². The molecule has 0 spiro atoms. The van der Waals surface area contributed by atoms with Crippen LogP contribution in [0.25, 0.3) is 43.6 Å². The van der Waals surface area contributed by atoms with Gasteiger partial charge in [-0.1, -0.05) is 48.5 Å². The first-order valence-electron chi connectivity index (χ1n) is 9.78. The molecule has 0 N–H and O–H groups in total. The Bertz CT molecular complexity index is 1330. The van der Waals surface area contributed by atoms with E-state index in [4.69, 9.17) is 19.7 Å². The summed E-state index contributed by atoms with van der Waals surface area (Å²) in [6, 6.07) is 31.7. The van der Waals surface area contributed by atoms with E-state index in [0.29, 0.717) is 11.5 Å². The van der Waals surface area contributed by atoms with Gasteiger partial charge in [0.25, 0.3) is 0 Å². The van der Waals surface area contributed by atoms with Gasteiger partial charge in [-0.3, -0.25) is 9.78 Å². The molecule has 2 aromatic heterocycles. The Morgan fingerprint density at radius 3 is 0.933 bits per heavy atom. The van der Waals surface area contributed by atoms with Gasteiger partial charge in [0.15, 0.2) is 11.5 Å². The predicted octanol–water partition coefficient (Wildman–Crippen LogP) is 6.46. The number of aromatic nitrogens is 2. The van der Waals surface area contributed by atoms with Crippen LogP contribution in [0.3, 0.4) is 0 Å². The molecule has 0 radical (unpaired) electrons. The molecule has 0 atom stereocenters. The van der Waals surface area contributed by atoms with Crippen molar-refractivity contribution in [1.29, 1.82) is 0 Å². The summed E-state index contributed by atoms with van der Waals surface area (Å²) in [6.07, 6.45) is 0. The van der Waals surface area contributed by atoms with E-state index in [2.05, 4.69) is 0 Å². The molecule has 0 aliphatic heterocycles. The number of hydrogen-bond acceptors (Lipinski definition) is 4. The molecule has 142 valence electrons. The van der Waals surface area contributed by atoms with Gasteiger partial charge in [-0.05, 0) is 48.5 Å². The molecular formula is C26H16N2O2. The maximum atomic E-state index is 6.07. The molecule has 0 aliphatic carbocycles. The van der Waals surface area contributed by atoms with Crippen LogP contribution in [0.1, 0.15) is 0 Å². The molecule has 4 heteroatoms. The van der Waals surface area contributed by atoms with Gasteiger partial charge < -0.3 is 0 Å². The van der Waals surface area contributed by atoms with E-state index in [1.54, 1.807) is 0 Å². The summed E-state index contributed by atoms with van der Waals surface area (Å²) in [4.78, 5) is 21.6. The highest BCUT2D eigenvalue weighted by atomic mass is 17.2. The van der Waals surface area contributed by atoms with Crippen LogP contribution in [0.5, 0.6) is 11.5 Å². The van der Waals surface area contributed by atoms with Crippen LogP contribution in [0.4, 0.5) is 0 Å². The van der Waals surface area contributed by atoms with E-state index in [-0.39, 0.29) is 0 Å². The first kappa shape index (κ1) is 16.7. The minimum Gasteiger partial charge on any atom is -0.288 e. The van der Waals surface area contributed by atoms with E-state index in [1.807, 2.05) is 97.1 Å². The van der Waals surface area contributed by atoms with Gasteiger partial charge in [0.2, 0.25) is 0 Å². The summed E-state index contributed by atoms with van der Waals surface area (Å²) >= 11 is 0. The lowest BCUT2D eigenvalue weighted by molar-refractivity contribution is -0.0939. The Labute approximate surface area is 172 Å². The summed E-state index contributed by atoms with van der Waals surface area (Å²) in [5, 5.41) is 3.61. The number of fused-ring (bicyclic) bond motifs is 4.